The third-order valence-electron chi connectivity index (χ3n) is 3.98. The van der Waals surface area contributed by atoms with Crippen molar-refractivity contribution in [3.8, 4) is 0 Å². The minimum Gasteiger partial charge on any atom is -0.383 e. The van der Waals surface area contributed by atoms with Crippen LogP contribution in [0.25, 0.3) is 0 Å². The number of carbonyl (C=O) groups excluding carboxylic acids is 1. The Labute approximate surface area is 154 Å². The Kier molecular flexibility index (Phi) is 6.39. The Hall–Kier alpha value is -2.38. The lowest BCUT2D eigenvalue weighted by atomic mass is 10.1. The maximum absolute atomic E-state index is 12.5. The van der Waals surface area contributed by atoms with Crippen molar-refractivity contribution in [2.45, 2.75) is 31.7 Å². The number of hydrogen-bond acceptors (Lipinski definition) is 4. The molecule has 0 saturated heterocycles. The number of ether oxygens (including phenoxy) is 1. The summed E-state index contributed by atoms with van der Waals surface area (Å²) in [5, 5.41) is 2.78. The van der Waals surface area contributed by atoms with Crippen LogP contribution in [-0.2, 0) is 14.8 Å². The van der Waals surface area contributed by atoms with Crippen LogP contribution in [0, 0.1) is 13.8 Å². The molecule has 6 nitrogen and oxygen atoms in total. The van der Waals surface area contributed by atoms with Crippen LogP contribution in [0.2, 0.25) is 0 Å². The van der Waals surface area contributed by atoms with E-state index in [2.05, 4.69) is 10.0 Å². The second-order valence-corrected chi connectivity index (χ2v) is 7.94. The molecule has 0 aromatic heterocycles. The SMILES string of the molecule is COCC(C)NC(=O)c1ccc(S(=O)(=O)Nc2ccc(C)c(C)c2)cc1. The zero-order valence-electron chi connectivity index (χ0n) is 15.4. The highest BCUT2D eigenvalue weighted by molar-refractivity contribution is 7.92. The normalized spacial score (nSPS) is 12.5. The molecule has 1 unspecified atom stereocenters. The van der Waals surface area contributed by atoms with Gasteiger partial charge in [0.15, 0.2) is 0 Å². The largest absolute Gasteiger partial charge is 0.383 e. The zero-order chi connectivity index (χ0) is 19.3. The van der Waals surface area contributed by atoms with Gasteiger partial charge in [-0.05, 0) is 68.3 Å². The van der Waals surface area contributed by atoms with E-state index < -0.39 is 10.0 Å². The molecule has 2 rings (SSSR count). The molecule has 140 valence electrons. The first-order chi connectivity index (χ1) is 12.2. The quantitative estimate of drug-likeness (QED) is 0.778. The summed E-state index contributed by atoms with van der Waals surface area (Å²) in [7, 11) is -2.16. The van der Waals surface area contributed by atoms with Crippen LogP contribution < -0.4 is 10.0 Å². The van der Waals surface area contributed by atoms with E-state index >= 15 is 0 Å². The van der Waals surface area contributed by atoms with E-state index in [1.807, 2.05) is 26.8 Å². The van der Waals surface area contributed by atoms with Crippen molar-refractivity contribution in [3.63, 3.8) is 0 Å². The fourth-order valence-corrected chi connectivity index (χ4v) is 3.45. The van der Waals surface area contributed by atoms with Crippen LogP contribution >= 0.6 is 0 Å². The van der Waals surface area contributed by atoms with Crippen LogP contribution in [0.5, 0.6) is 0 Å². The number of nitrogens with one attached hydrogen (secondary N) is 2. The molecule has 0 aliphatic carbocycles. The van der Waals surface area contributed by atoms with Gasteiger partial charge in [0.25, 0.3) is 15.9 Å². The maximum atomic E-state index is 12.5. The summed E-state index contributed by atoms with van der Waals surface area (Å²) >= 11 is 0. The predicted molar refractivity (Wildman–Crippen MR) is 102 cm³/mol. The summed E-state index contributed by atoms with van der Waals surface area (Å²) in [5.41, 5.74) is 2.98. The summed E-state index contributed by atoms with van der Waals surface area (Å²) in [6.07, 6.45) is 0. The van der Waals surface area contributed by atoms with Gasteiger partial charge >= 0.3 is 0 Å². The van der Waals surface area contributed by atoms with Crippen LogP contribution in [0.3, 0.4) is 0 Å². The van der Waals surface area contributed by atoms with E-state index in [1.165, 1.54) is 24.3 Å². The second-order valence-electron chi connectivity index (χ2n) is 6.26. The van der Waals surface area contributed by atoms with Gasteiger partial charge in [-0.15, -0.1) is 0 Å². The molecule has 1 amide bonds. The van der Waals surface area contributed by atoms with Gasteiger partial charge in [-0.25, -0.2) is 8.42 Å². The molecule has 0 radical (unpaired) electrons. The first-order valence-electron chi connectivity index (χ1n) is 8.23. The molecular formula is C19H24N2O4S. The number of anilines is 1. The van der Waals surface area contributed by atoms with Gasteiger partial charge in [-0.1, -0.05) is 6.07 Å². The molecule has 0 fully saturated rings. The number of carbonyl (C=O) groups is 1. The molecule has 2 N–H and O–H groups in total. The first-order valence-corrected chi connectivity index (χ1v) is 9.71. The maximum Gasteiger partial charge on any atom is 0.261 e. The summed E-state index contributed by atoms with van der Waals surface area (Å²) in [5.74, 6) is -0.277. The first kappa shape index (κ1) is 19.9. The molecule has 0 saturated carbocycles. The number of amides is 1. The summed E-state index contributed by atoms with van der Waals surface area (Å²) in [4.78, 5) is 12.2. The number of aryl methyl sites for hydroxylation is 2. The van der Waals surface area contributed by atoms with Crippen molar-refractivity contribution in [3.05, 3.63) is 59.2 Å². The smallest absolute Gasteiger partial charge is 0.261 e. The number of methoxy groups -OCH3 is 1. The summed E-state index contributed by atoms with van der Waals surface area (Å²) in [6.45, 7) is 6.11. The highest BCUT2D eigenvalue weighted by atomic mass is 32.2. The van der Waals surface area contributed by atoms with E-state index in [4.69, 9.17) is 4.74 Å². The predicted octanol–water partition coefficient (Wildman–Crippen LogP) is 2.87. The molecule has 2 aromatic carbocycles. The number of rotatable bonds is 7. The Morgan fingerprint density at radius 2 is 1.73 bits per heavy atom. The van der Waals surface area contributed by atoms with Gasteiger partial charge in [0.05, 0.1) is 11.5 Å². The lowest BCUT2D eigenvalue weighted by molar-refractivity contribution is 0.0905. The van der Waals surface area contributed by atoms with Crippen molar-refractivity contribution in [1.29, 1.82) is 0 Å². The molecule has 1 atom stereocenters. The van der Waals surface area contributed by atoms with Crippen LogP contribution in [0.1, 0.15) is 28.4 Å². The van der Waals surface area contributed by atoms with Gasteiger partial charge in [0, 0.05) is 24.4 Å². The molecule has 0 aliphatic heterocycles. The monoisotopic (exact) mass is 376 g/mol. The molecule has 0 bridgehead atoms. The fraction of sp³-hybridized carbons (Fsp3) is 0.316. The fourth-order valence-electron chi connectivity index (χ4n) is 2.40. The number of sulfonamides is 1. The van der Waals surface area contributed by atoms with E-state index in [9.17, 15) is 13.2 Å². The minimum atomic E-state index is -3.72. The molecule has 26 heavy (non-hydrogen) atoms. The number of hydrogen-bond donors (Lipinski definition) is 2. The Bertz CT molecular complexity index is 877. The van der Waals surface area contributed by atoms with E-state index in [0.29, 0.717) is 17.9 Å². The highest BCUT2D eigenvalue weighted by Crippen LogP contribution is 2.19. The van der Waals surface area contributed by atoms with Crippen LogP contribution in [0.15, 0.2) is 47.4 Å². The molecular weight excluding hydrogens is 352 g/mol. The average molecular weight is 376 g/mol. The lowest BCUT2D eigenvalue weighted by Gasteiger charge is -2.13. The Morgan fingerprint density at radius 1 is 1.08 bits per heavy atom. The standard InChI is InChI=1S/C19H24N2O4S/c1-13-5-8-17(11-14(13)2)21-26(23,24)18-9-6-16(7-10-18)19(22)20-15(3)12-25-4/h5-11,15,21H,12H2,1-4H3,(H,20,22). The molecule has 0 aliphatic rings. The second kappa shape index (κ2) is 8.33. The van der Waals surface area contributed by atoms with E-state index in [0.717, 1.165) is 11.1 Å². The van der Waals surface area contributed by atoms with E-state index in [1.54, 1.807) is 19.2 Å². The third-order valence-corrected chi connectivity index (χ3v) is 5.38. The summed E-state index contributed by atoms with van der Waals surface area (Å²) in [6, 6.07) is 11.0. The van der Waals surface area contributed by atoms with Crippen molar-refractivity contribution in [2.24, 2.45) is 0 Å². The summed E-state index contributed by atoms with van der Waals surface area (Å²) < 4.78 is 32.6. The minimum absolute atomic E-state index is 0.0946. The van der Waals surface area contributed by atoms with Gasteiger partial charge in [0.1, 0.15) is 0 Å². The van der Waals surface area contributed by atoms with E-state index in [-0.39, 0.29) is 16.8 Å². The third kappa shape index (κ3) is 5.06. The molecule has 7 heteroatoms. The van der Waals surface area contributed by atoms with Crippen molar-refractivity contribution in [1.82, 2.24) is 5.32 Å². The van der Waals surface area contributed by atoms with Gasteiger partial charge in [0.2, 0.25) is 0 Å². The van der Waals surface area contributed by atoms with Gasteiger partial charge in [-0.3, -0.25) is 9.52 Å². The van der Waals surface area contributed by atoms with Gasteiger partial charge in [-0.2, -0.15) is 0 Å². The lowest BCUT2D eigenvalue weighted by Crippen LogP contribution is -2.35. The average Bonchev–Trinajstić information content (AvgIpc) is 2.58. The number of benzene rings is 2. The van der Waals surface area contributed by atoms with Crippen molar-refractivity contribution >= 4 is 21.6 Å². The topological polar surface area (TPSA) is 84.5 Å². The molecule has 0 spiro atoms. The molecule has 0 heterocycles. The van der Waals surface area contributed by atoms with Crippen LogP contribution in [0.4, 0.5) is 5.69 Å². The van der Waals surface area contributed by atoms with Crippen molar-refractivity contribution < 1.29 is 17.9 Å². The highest BCUT2D eigenvalue weighted by Gasteiger charge is 2.16. The van der Waals surface area contributed by atoms with Crippen LogP contribution in [-0.4, -0.2) is 34.1 Å². The van der Waals surface area contributed by atoms with Gasteiger partial charge < -0.3 is 10.1 Å². The zero-order valence-corrected chi connectivity index (χ0v) is 16.2. The Balaban J connectivity index is 2.13. The van der Waals surface area contributed by atoms with Crippen molar-refractivity contribution in [2.75, 3.05) is 18.4 Å². The Morgan fingerprint density at radius 3 is 2.31 bits per heavy atom. The molecule has 2 aromatic rings.